The standard InChI is InChI=1S/C14H20BrNO2/c1-9(16)5-11-6-12(15)14(17-2)13(7-11)18-8-10-3-4-10/h6-7,9-10H,3-5,8,16H2,1-2H3. The normalized spacial score (nSPS) is 16.4. The summed E-state index contributed by atoms with van der Waals surface area (Å²) in [5.74, 6) is 2.31. The molecule has 1 aliphatic rings. The fourth-order valence-corrected chi connectivity index (χ4v) is 2.56. The lowest BCUT2D eigenvalue weighted by molar-refractivity contribution is 0.279. The zero-order chi connectivity index (χ0) is 13.1. The maximum atomic E-state index is 5.86. The summed E-state index contributed by atoms with van der Waals surface area (Å²) < 4.78 is 12.2. The molecule has 1 aliphatic carbocycles. The summed E-state index contributed by atoms with van der Waals surface area (Å²) in [6, 6.07) is 4.23. The van der Waals surface area contributed by atoms with Gasteiger partial charge in [-0.15, -0.1) is 0 Å². The average molecular weight is 314 g/mol. The van der Waals surface area contributed by atoms with Crippen molar-refractivity contribution in [1.29, 1.82) is 0 Å². The van der Waals surface area contributed by atoms with Gasteiger partial charge in [0.25, 0.3) is 0 Å². The Hall–Kier alpha value is -0.740. The molecule has 2 rings (SSSR count). The summed E-state index contributed by atoms with van der Waals surface area (Å²) in [4.78, 5) is 0. The molecule has 1 aromatic carbocycles. The lowest BCUT2D eigenvalue weighted by Gasteiger charge is -2.15. The Morgan fingerprint density at radius 2 is 2.17 bits per heavy atom. The van der Waals surface area contributed by atoms with E-state index in [1.165, 1.54) is 18.4 Å². The van der Waals surface area contributed by atoms with Crippen LogP contribution in [0.2, 0.25) is 0 Å². The number of methoxy groups -OCH3 is 1. The van der Waals surface area contributed by atoms with Gasteiger partial charge in [0.1, 0.15) is 0 Å². The molecule has 4 heteroatoms. The third-order valence-corrected chi connectivity index (χ3v) is 3.59. The molecule has 0 amide bonds. The molecule has 0 aliphatic heterocycles. The second-order valence-electron chi connectivity index (χ2n) is 5.04. The zero-order valence-electron chi connectivity index (χ0n) is 10.9. The molecule has 0 saturated heterocycles. The predicted molar refractivity (Wildman–Crippen MR) is 76.3 cm³/mol. The van der Waals surface area contributed by atoms with Crippen LogP contribution in [0.15, 0.2) is 16.6 Å². The highest BCUT2D eigenvalue weighted by Gasteiger charge is 2.23. The average Bonchev–Trinajstić information content (AvgIpc) is 3.08. The second-order valence-corrected chi connectivity index (χ2v) is 5.90. The van der Waals surface area contributed by atoms with E-state index in [0.717, 1.165) is 34.9 Å². The molecule has 100 valence electrons. The summed E-state index contributed by atoms with van der Waals surface area (Å²) in [5.41, 5.74) is 7.01. The molecule has 0 aromatic heterocycles. The van der Waals surface area contributed by atoms with Crippen molar-refractivity contribution in [3.63, 3.8) is 0 Å². The Morgan fingerprint density at radius 3 is 2.72 bits per heavy atom. The van der Waals surface area contributed by atoms with Crippen molar-refractivity contribution in [3.05, 3.63) is 22.2 Å². The molecule has 0 spiro atoms. The number of halogens is 1. The molecule has 18 heavy (non-hydrogen) atoms. The van der Waals surface area contributed by atoms with Gasteiger partial charge >= 0.3 is 0 Å². The van der Waals surface area contributed by atoms with Gasteiger partial charge in [0.05, 0.1) is 18.2 Å². The van der Waals surface area contributed by atoms with Crippen molar-refractivity contribution < 1.29 is 9.47 Å². The molecule has 0 heterocycles. The van der Waals surface area contributed by atoms with Crippen molar-refractivity contribution in [2.75, 3.05) is 13.7 Å². The number of rotatable bonds is 6. The maximum absolute atomic E-state index is 5.86. The SMILES string of the molecule is COc1c(Br)cc(CC(C)N)cc1OCC1CC1. The molecule has 0 radical (unpaired) electrons. The Labute approximate surface area is 117 Å². The van der Waals surface area contributed by atoms with Gasteiger partial charge in [-0.3, -0.25) is 0 Å². The van der Waals surface area contributed by atoms with Gasteiger partial charge in [-0.25, -0.2) is 0 Å². The largest absolute Gasteiger partial charge is 0.492 e. The first-order valence-corrected chi connectivity index (χ1v) is 7.14. The number of nitrogens with two attached hydrogens (primary N) is 1. The molecule has 1 unspecified atom stereocenters. The summed E-state index contributed by atoms with van der Waals surface area (Å²) in [6.45, 7) is 2.79. The Bertz CT molecular complexity index is 417. The van der Waals surface area contributed by atoms with Crippen molar-refractivity contribution in [2.45, 2.75) is 32.2 Å². The van der Waals surface area contributed by atoms with Gasteiger partial charge in [0.2, 0.25) is 0 Å². The molecule has 1 aromatic rings. The van der Waals surface area contributed by atoms with E-state index in [0.29, 0.717) is 0 Å². The van der Waals surface area contributed by atoms with E-state index in [1.807, 2.05) is 19.1 Å². The van der Waals surface area contributed by atoms with Gasteiger partial charge in [-0.1, -0.05) is 0 Å². The van der Waals surface area contributed by atoms with E-state index < -0.39 is 0 Å². The Kier molecular flexibility index (Phi) is 4.51. The highest BCUT2D eigenvalue weighted by atomic mass is 79.9. The first-order valence-electron chi connectivity index (χ1n) is 6.35. The third-order valence-electron chi connectivity index (χ3n) is 3.00. The maximum Gasteiger partial charge on any atom is 0.174 e. The van der Waals surface area contributed by atoms with Crippen LogP contribution in [0.5, 0.6) is 11.5 Å². The quantitative estimate of drug-likeness (QED) is 0.877. The third kappa shape index (κ3) is 3.62. The minimum atomic E-state index is 0.140. The molecule has 1 saturated carbocycles. The number of hydrogen-bond acceptors (Lipinski definition) is 3. The first kappa shape index (κ1) is 13.7. The van der Waals surface area contributed by atoms with Crippen molar-refractivity contribution in [1.82, 2.24) is 0 Å². The monoisotopic (exact) mass is 313 g/mol. The van der Waals surface area contributed by atoms with Gasteiger partial charge in [0, 0.05) is 6.04 Å². The number of hydrogen-bond donors (Lipinski definition) is 1. The van der Waals surface area contributed by atoms with Crippen LogP contribution in [-0.4, -0.2) is 19.8 Å². The van der Waals surface area contributed by atoms with E-state index in [2.05, 4.69) is 15.9 Å². The number of benzene rings is 1. The topological polar surface area (TPSA) is 44.5 Å². The minimum absolute atomic E-state index is 0.140. The van der Waals surface area contributed by atoms with Crippen LogP contribution in [-0.2, 0) is 6.42 Å². The molecule has 3 nitrogen and oxygen atoms in total. The van der Waals surface area contributed by atoms with Crippen LogP contribution < -0.4 is 15.2 Å². The van der Waals surface area contributed by atoms with E-state index >= 15 is 0 Å². The van der Waals surface area contributed by atoms with E-state index in [-0.39, 0.29) is 6.04 Å². The van der Waals surface area contributed by atoms with E-state index in [9.17, 15) is 0 Å². The second kappa shape index (κ2) is 5.93. The summed E-state index contributed by atoms with van der Waals surface area (Å²) in [6.07, 6.45) is 3.40. The van der Waals surface area contributed by atoms with E-state index in [4.69, 9.17) is 15.2 Å². The van der Waals surface area contributed by atoms with Gasteiger partial charge < -0.3 is 15.2 Å². The molecule has 1 atom stereocenters. The predicted octanol–water partition coefficient (Wildman–Crippen LogP) is 3.14. The van der Waals surface area contributed by atoms with Crippen molar-refractivity contribution >= 4 is 15.9 Å². The lowest BCUT2D eigenvalue weighted by Crippen LogP contribution is -2.17. The Morgan fingerprint density at radius 1 is 1.44 bits per heavy atom. The van der Waals surface area contributed by atoms with Crippen LogP contribution in [0.4, 0.5) is 0 Å². The summed E-state index contributed by atoms with van der Waals surface area (Å²) in [5, 5.41) is 0. The fourth-order valence-electron chi connectivity index (χ4n) is 1.91. The molecule has 1 fully saturated rings. The molecule has 0 bridgehead atoms. The Balaban J connectivity index is 2.18. The van der Waals surface area contributed by atoms with Crippen LogP contribution in [0.1, 0.15) is 25.3 Å². The van der Waals surface area contributed by atoms with Crippen LogP contribution in [0, 0.1) is 5.92 Å². The smallest absolute Gasteiger partial charge is 0.174 e. The van der Waals surface area contributed by atoms with Crippen molar-refractivity contribution in [2.24, 2.45) is 11.7 Å². The highest BCUT2D eigenvalue weighted by Crippen LogP contribution is 2.38. The van der Waals surface area contributed by atoms with Gasteiger partial charge in [-0.2, -0.15) is 0 Å². The van der Waals surface area contributed by atoms with Crippen LogP contribution >= 0.6 is 15.9 Å². The van der Waals surface area contributed by atoms with Crippen LogP contribution in [0.3, 0.4) is 0 Å². The molecule has 2 N–H and O–H groups in total. The highest BCUT2D eigenvalue weighted by molar-refractivity contribution is 9.10. The first-order chi connectivity index (χ1) is 8.60. The zero-order valence-corrected chi connectivity index (χ0v) is 12.5. The number of ether oxygens (including phenoxy) is 2. The minimum Gasteiger partial charge on any atom is -0.492 e. The molecular weight excluding hydrogens is 294 g/mol. The van der Waals surface area contributed by atoms with Gasteiger partial charge in [0.15, 0.2) is 11.5 Å². The summed E-state index contributed by atoms with van der Waals surface area (Å²) in [7, 11) is 1.66. The van der Waals surface area contributed by atoms with Crippen molar-refractivity contribution in [3.8, 4) is 11.5 Å². The fraction of sp³-hybridized carbons (Fsp3) is 0.571. The lowest BCUT2D eigenvalue weighted by atomic mass is 10.1. The summed E-state index contributed by atoms with van der Waals surface area (Å²) >= 11 is 3.52. The molecular formula is C14H20BrNO2. The van der Waals surface area contributed by atoms with E-state index in [1.54, 1.807) is 7.11 Å². The van der Waals surface area contributed by atoms with Crippen LogP contribution in [0.25, 0.3) is 0 Å². The van der Waals surface area contributed by atoms with Gasteiger partial charge in [-0.05, 0) is 65.7 Å².